The molecular weight excluding hydrogens is 262 g/mol. The predicted octanol–water partition coefficient (Wildman–Crippen LogP) is 3.08. The van der Waals surface area contributed by atoms with Gasteiger partial charge < -0.3 is 14.8 Å². The van der Waals surface area contributed by atoms with Gasteiger partial charge in [0.25, 0.3) is 5.91 Å². The molecule has 19 heavy (non-hydrogen) atoms. The van der Waals surface area contributed by atoms with Crippen LogP contribution >= 0.6 is 11.3 Å². The Morgan fingerprint density at radius 1 is 1.21 bits per heavy atom. The van der Waals surface area contributed by atoms with E-state index in [2.05, 4.69) is 5.32 Å². The van der Waals surface area contributed by atoms with Gasteiger partial charge in [0.1, 0.15) is 13.2 Å². The molecule has 1 N–H and O–H groups in total. The Morgan fingerprint density at radius 2 is 2.00 bits per heavy atom. The lowest BCUT2D eigenvalue weighted by Crippen LogP contribution is -2.16. The van der Waals surface area contributed by atoms with E-state index in [-0.39, 0.29) is 5.91 Å². The maximum Gasteiger partial charge on any atom is 0.256 e. The van der Waals surface area contributed by atoms with Gasteiger partial charge >= 0.3 is 0 Å². The van der Waals surface area contributed by atoms with Crippen molar-refractivity contribution >= 4 is 22.9 Å². The SMILES string of the molecule is Cc1cc(C(=O)Nc2ccc3c(c2)OCCO3)cs1. The molecule has 1 aliphatic rings. The van der Waals surface area contributed by atoms with Crippen LogP contribution in [0.1, 0.15) is 15.2 Å². The predicted molar refractivity (Wildman–Crippen MR) is 74.4 cm³/mol. The highest BCUT2D eigenvalue weighted by Gasteiger charge is 2.13. The second-order valence-corrected chi connectivity index (χ2v) is 5.37. The third-order valence-electron chi connectivity index (χ3n) is 2.79. The maximum absolute atomic E-state index is 12.0. The molecule has 0 bridgehead atoms. The minimum Gasteiger partial charge on any atom is -0.486 e. The average molecular weight is 275 g/mol. The number of fused-ring (bicyclic) bond motifs is 1. The zero-order valence-corrected chi connectivity index (χ0v) is 11.3. The van der Waals surface area contributed by atoms with Gasteiger partial charge in [0.05, 0.1) is 5.56 Å². The van der Waals surface area contributed by atoms with E-state index in [1.807, 2.05) is 30.5 Å². The van der Waals surface area contributed by atoms with Gasteiger partial charge in [-0.2, -0.15) is 0 Å². The summed E-state index contributed by atoms with van der Waals surface area (Å²) in [5, 5.41) is 4.70. The van der Waals surface area contributed by atoms with Crippen LogP contribution in [0.4, 0.5) is 5.69 Å². The standard InChI is InChI=1S/C14H13NO3S/c1-9-6-10(8-19-9)14(16)15-11-2-3-12-13(7-11)18-5-4-17-12/h2-3,6-8H,4-5H2,1H3,(H,15,16). The van der Waals surface area contributed by atoms with Gasteiger partial charge in [-0.15, -0.1) is 11.3 Å². The summed E-state index contributed by atoms with van der Waals surface area (Å²) in [7, 11) is 0. The topological polar surface area (TPSA) is 47.6 Å². The van der Waals surface area contributed by atoms with Crippen molar-refractivity contribution in [3.63, 3.8) is 0 Å². The van der Waals surface area contributed by atoms with Crippen molar-refractivity contribution in [3.05, 3.63) is 40.1 Å². The number of hydrogen-bond acceptors (Lipinski definition) is 4. The molecule has 0 spiro atoms. The molecule has 4 nitrogen and oxygen atoms in total. The third-order valence-corrected chi connectivity index (χ3v) is 3.65. The summed E-state index contributed by atoms with van der Waals surface area (Å²) in [6.45, 7) is 3.08. The fourth-order valence-corrected chi connectivity index (χ4v) is 2.57. The van der Waals surface area contributed by atoms with E-state index < -0.39 is 0 Å². The highest BCUT2D eigenvalue weighted by Crippen LogP contribution is 2.32. The summed E-state index contributed by atoms with van der Waals surface area (Å²) >= 11 is 1.56. The van der Waals surface area contributed by atoms with Crippen molar-refractivity contribution in [1.82, 2.24) is 0 Å². The number of aryl methyl sites for hydroxylation is 1. The molecule has 1 amide bonds. The van der Waals surface area contributed by atoms with Crippen molar-refractivity contribution in [1.29, 1.82) is 0 Å². The molecular formula is C14H13NO3S. The van der Waals surface area contributed by atoms with Crippen LogP contribution in [0.5, 0.6) is 11.5 Å². The van der Waals surface area contributed by atoms with E-state index in [1.54, 1.807) is 17.4 Å². The van der Waals surface area contributed by atoms with E-state index >= 15 is 0 Å². The van der Waals surface area contributed by atoms with E-state index in [1.165, 1.54) is 0 Å². The second-order valence-electron chi connectivity index (χ2n) is 4.26. The van der Waals surface area contributed by atoms with Crippen molar-refractivity contribution in [2.24, 2.45) is 0 Å². The van der Waals surface area contributed by atoms with E-state index in [4.69, 9.17) is 9.47 Å². The number of ether oxygens (including phenoxy) is 2. The van der Waals surface area contributed by atoms with E-state index in [9.17, 15) is 4.79 Å². The van der Waals surface area contributed by atoms with Crippen molar-refractivity contribution < 1.29 is 14.3 Å². The van der Waals surface area contributed by atoms with Gasteiger partial charge in [-0.05, 0) is 25.1 Å². The molecule has 1 aromatic heterocycles. The van der Waals surface area contributed by atoms with Crippen LogP contribution in [0.25, 0.3) is 0 Å². The average Bonchev–Trinajstić information content (AvgIpc) is 2.85. The molecule has 0 unspecified atom stereocenters. The summed E-state index contributed by atoms with van der Waals surface area (Å²) in [4.78, 5) is 13.1. The molecule has 0 radical (unpaired) electrons. The first-order chi connectivity index (χ1) is 9.22. The number of hydrogen-bond donors (Lipinski definition) is 1. The Balaban J connectivity index is 1.78. The minimum absolute atomic E-state index is 0.110. The molecule has 1 aromatic carbocycles. The number of carbonyl (C=O) groups is 1. The number of rotatable bonds is 2. The Kier molecular flexibility index (Phi) is 3.13. The Bertz CT molecular complexity index is 621. The molecule has 0 atom stereocenters. The van der Waals surface area contributed by atoms with Gasteiger partial charge in [0.2, 0.25) is 0 Å². The number of carbonyl (C=O) groups excluding carboxylic acids is 1. The second kappa shape index (κ2) is 4.93. The zero-order valence-electron chi connectivity index (χ0n) is 10.4. The zero-order chi connectivity index (χ0) is 13.2. The maximum atomic E-state index is 12.0. The van der Waals surface area contributed by atoms with Crippen molar-refractivity contribution in [2.75, 3.05) is 18.5 Å². The fourth-order valence-electron chi connectivity index (χ4n) is 1.89. The first-order valence-electron chi connectivity index (χ1n) is 5.98. The van der Waals surface area contributed by atoms with E-state index in [0.717, 1.165) is 10.6 Å². The number of benzene rings is 1. The van der Waals surface area contributed by atoms with Gasteiger partial charge in [-0.1, -0.05) is 0 Å². The van der Waals surface area contributed by atoms with Crippen LogP contribution in [-0.2, 0) is 0 Å². The molecule has 98 valence electrons. The lowest BCUT2D eigenvalue weighted by Gasteiger charge is -2.18. The largest absolute Gasteiger partial charge is 0.486 e. The van der Waals surface area contributed by atoms with E-state index in [0.29, 0.717) is 30.2 Å². The fraction of sp³-hybridized carbons (Fsp3) is 0.214. The summed E-state index contributed by atoms with van der Waals surface area (Å²) < 4.78 is 10.9. The highest BCUT2D eigenvalue weighted by molar-refractivity contribution is 7.10. The monoisotopic (exact) mass is 275 g/mol. The molecule has 2 heterocycles. The van der Waals surface area contributed by atoms with Gasteiger partial charge in [-0.3, -0.25) is 4.79 Å². The number of nitrogens with one attached hydrogen (secondary N) is 1. The van der Waals surface area contributed by atoms with Crippen LogP contribution < -0.4 is 14.8 Å². The van der Waals surface area contributed by atoms with Crippen LogP contribution in [0.15, 0.2) is 29.6 Å². The first-order valence-corrected chi connectivity index (χ1v) is 6.86. The molecule has 0 aliphatic carbocycles. The summed E-state index contributed by atoms with van der Waals surface area (Å²) in [5.74, 6) is 1.28. The van der Waals surface area contributed by atoms with Crippen molar-refractivity contribution in [3.8, 4) is 11.5 Å². The Labute approximate surface area is 115 Å². The number of anilines is 1. The van der Waals surface area contributed by atoms with Gasteiger partial charge in [-0.25, -0.2) is 0 Å². The highest BCUT2D eigenvalue weighted by atomic mass is 32.1. The Hall–Kier alpha value is -2.01. The molecule has 3 rings (SSSR count). The smallest absolute Gasteiger partial charge is 0.256 e. The molecule has 5 heteroatoms. The van der Waals surface area contributed by atoms with Crippen LogP contribution in [0.2, 0.25) is 0 Å². The minimum atomic E-state index is -0.110. The van der Waals surface area contributed by atoms with Crippen LogP contribution in [0.3, 0.4) is 0 Å². The first kappa shape index (κ1) is 12.0. The van der Waals surface area contributed by atoms with Gasteiger partial charge in [0, 0.05) is 22.0 Å². The molecule has 0 saturated carbocycles. The lowest BCUT2D eigenvalue weighted by atomic mass is 10.2. The summed E-state index contributed by atoms with van der Waals surface area (Å²) in [6, 6.07) is 7.28. The van der Waals surface area contributed by atoms with Crippen LogP contribution in [0, 0.1) is 6.92 Å². The number of thiophene rings is 1. The van der Waals surface area contributed by atoms with Crippen LogP contribution in [-0.4, -0.2) is 19.1 Å². The summed E-state index contributed by atoms with van der Waals surface area (Å²) in [5.41, 5.74) is 1.38. The van der Waals surface area contributed by atoms with Gasteiger partial charge in [0.15, 0.2) is 11.5 Å². The third kappa shape index (κ3) is 2.56. The molecule has 2 aromatic rings. The Morgan fingerprint density at radius 3 is 2.74 bits per heavy atom. The molecule has 0 fully saturated rings. The summed E-state index contributed by atoms with van der Waals surface area (Å²) in [6.07, 6.45) is 0. The number of amides is 1. The lowest BCUT2D eigenvalue weighted by molar-refractivity contribution is 0.102. The van der Waals surface area contributed by atoms with Crippen molar-refractivity contribution in [2.45, 2.75) is 6.92 Å². The quantitative estimate of drug-likeness (QED) is 0.916. The normalized spacial score (nSPS) is 13.1. The molecule has 1 aliphatic heterocycles. The molecule has 0 saturated heterocycles.